The summed E-state index contributed by atoms with van der Waals surface area (Å²) in [6, 6.07) is 0. The standard InChI is InChI=1S/C21H28N2.C10H22.C3H7NO.C2H6/c1-6-9-19(7-2)16-22-15-12-18(3)23(17-22)20-10-8-13-21(4,5)14-11-20;1-3-5-7-9-10-8-6-4-2;1-2-3(4)5;1-2/h6-11,13-14H,1-3,12,15-17H2,4-5H3;3-10H2,1-2H3;2H2,1H3,(H2,4,5);1-2H3/b19-9+;;;. The van der Waals surface area contributed by atoms with Gasteiger partial charge in [0.25, 0.3) is 0 Å². The smallest absolute Gasteiger partial charge is 0.217 e. The highest BCUT2D eigenvalue weighted by Gasteiger charge is 2.22. The third-order valence-corrected chi connectivity index (χ3v) is 6.53. The van der Waals surface area contributed by atoms with E-state index in [4.69, 9.17) is 0 Å². The molecule has 1 aliphatic heterocycles. The second-order valence-corrected chi connectivity index (χ2v) is 10.7. The first-order valence-corrected chi connectivity index (χ1v) is 15.6. The molecule has 2 rings (SSSR count). The third-order valence-electron chi connectivity index (χ3n) is 6.53. The van der Waals surface area contributed by atoms with Crippen LogP contribution in [0.1, 0.15) is 113 Å². The van der Waals surface area contributed by atoms with Gasteiger partial charge in [-0.1, -0.05) is 156 Å². The number of rotatable bonds is 13. The highest BCUT2D eigenvalue weighted by Crippen LogP contribution is 2.28. The molecule has 1 fully saturated rings. The molecule has 0 atom stereocenters. The van der Waals surface area contributed by atoms with Gasteiger partial charge in [0, 0.05) is 36.3 Å². The zero-order chi connectivity index (χ0) is 30.8. The molecule has 0 radical (unpaired) electrons. The van der Waals surface area contributed by atoms with Gasteiger partial charge in [0.1, 0.15) is 0 Å². The Morgan fingerprint density at radius 1 is 1.00 bits per heavy atom. The second kappa shape index (κ2) is 25.4. The Hall–Kier alpha value is -2.59. The average molecular weight is 554 g/mol. The van der Waals surface area contributed by atoms with Gasteiger partial charge < -0.3 is 10.6 Å². The minimum atomic E-state index is -0.245. The predicted octanol–water partition coefficient (Wildman–Crippen LogP) is 9.85. The van der Waals surface area contributed by atoms with E-state index in [1.165, 1.54) is 68.3 Å². The summed E-state index contributed by atoms with van der Waals surface area (Å²) in [4.78, 5) is 14.3. The maximum Gasteiger partial charge on any atom is 0.217 e. The summed E-state index contributed by atoms with van der Waals surface area (Å²) in [6.45, 7) is 29.4. The molecule has 0 aromatic carbocycles. The Balaban J connectivity index is 0. The van der Waals surface area contributed by atoms with E-state index in [1.807, 2.05) is 32.1 Å². The molecule has 0 unspecified atom stereocenters. The predicted molar refractivity (Wildman–Crippen MR) is 180 cm³/mol. The SMILES string of the molecule is C=C/C=C(\C=C)CN1CCC(=C)N(C2=CC=CC(C)(C)C=C2)C1.CC.CCC(N)=O.CCCCCCCCCC. The van der Waals surface area contributed by atoms with Crippen LogP contribution in [0.4, 0.5) is 0 Å². The summed E-state index contributed by atoms with van der Waals surface area (Å²) in [5, 5.41) is 0. The van der Waals surface area contributed by atoms with Gasteiger partial charge in [0.15, 0.2) is 0 Å². The second-order valence-electron chi connectivity index (χ2n) is 10.7. The lowest BCUT2D eigenvalue weighted by atomic mass is 9.93. The van der Waals surface area contributed by atoms with Crippen molar-refractivity contribution in [3.8, 4) is 0 Å². The lowest BCUT2D eigenvalue weighted by Gasteiger charge is -2.39. The topological polar surface area (TPSA) is 49.6 Å². The van der Waals surface area contributed by atoms with Crippen LogP contribution in [0.5, 0.6) is 0 Å². The van der Waals surface area contributed by atoms with E-state index in [1.54, 1.807) is 6.92 Å². The summed E-state index contributed by atoms with van der Waals surface area (Å²) in [6.07, 6.45) is 29.7. The van der Waals surface area contributed by atoms with Crippen molar-refractivity contribution in [1.29, 1.82) is 0 Å². The van der Waals surface area contributed by atoms with Crippen LogP contribution in [0.3, 0.4) is 0 Å². The van der Waals surface area contributed by atoms with Crippen molar-refractivity contribution in [3.63, 3.8) is 0 Å². The molecule has 0 aromatic heterocycles. The molecule has 1 aliphatic carbocycles. The van der Waals surface area contributed by atoms with E-state index < -0.39 is 0 Å². The number of allylic oxidation sites excluding steroid dienone is 7. The van der Waals surface area contributed by atoms with Crippen LogP contribution < -0.4 is 5.73 Å². The third kappa shape index (κ3) is 20.3. The number of primary amides is 1. The van der Waals surface area contributed by atoms with E-state index >= 15 is 0 Å². The summed E-state index contributed by atoms with van der Waals surface area (Å²) >= 11 is 0. The molecule has 0 bridgehead atoms. The molecule has 2 N–H and O–H groups in total. The molecule has 40 heavy (non-hydrogen) atoms. The zero-order valence-corrected chi connectivity index (χ0v) is 27.3. The minimum Gasteiger partial charge on any atom is -0.370 e. The van der Waals surface area contributed by atoms with Gasteiger partial charge in [-0.15, -0.1) is 0 Å². The lowest BCUT2D eigenvalue weighted by Crippen LogP contribution is -2.43. The maximum absolute atomic E-state index is 9.59. The molecular formula is C36H63N3O. The van der Waals surface area contributed by atoms with Gasteiger partial charge in [-0.05, 0) is 24.1 Å². The number of hydrogen-bond donors (Lipinski definition) is 1. The molecule has 1 heterocycles. The number of nitrogens with two attached hydrogens (primary N) is 1. The average Bonchev–Trinajstić information content (AvgIpc) is 3.13. The maximum atomic E-state index is 9.59. The van der Waals surface area contributed by atoms with E-state index in [-0.39, 0.29) is 11.3 Å². The van der Waals surface area contributed by atoms with E-state index in [0.29, 0.717) is 6.42 Å². The van der Waals surface area contributed by atoms with E-state index in [9.17, 15) is 4.79 Å². The fourth-order valence-electron chi connectivity index (χ4n) is 3.97. The Bertz CT molecular complexity index is 821. The fourth-order valence-corrected chi connectivity index (χ4v) is 3.97. The van der Waals surface area contributed by atoms with Crippen molar-refractivity contribution >= 4 is 5.91 Å². The number of unbranched alkanes of at least 4 members (excludes halogenated alkanes) is 7. The van der Waals surface area contributed by atoms with Gasteiger partial charge >= 0.3 is 0 Å². The largest absolute Gasteiger partial charge is 0.370 e. The van der Waals surface area contributed by atoms with Gasteiger partial charge in [0.05, 0.1) is 6.67 Å². The Labute approximate surface area is 249 Å². The van der Waals surface area contributed by atoms with Gasteiger partial charge in [-0.2, -0.15) is 0 Å². The summed E-state index contributed by atoms with van der Waals surface area (Å²) < 4.78 is 0. The summed E-state index contributed by atoms with van der Waals surface area (Å²) in [5.41, 5.74) is 8.32. The quantitative estimate of drug-likeness (QED) is 0.182. The van der Waals surface area contributed by atoms with Crippen molar-refractivity contribution in [2.75, 3.05) is 19.8 Å². The molecule has 1 amide bonds. The first-order chi connectivity index (χ1) is 19.1. The molecule has 0 saturated carbocycles. The Kier molecular flexibility index (Phi) is 25.1. The van der Waals surface area contributed by atoms with Crippen molar-refractivity contribution in [1.82, 2.24) is 9.80 Å². The first kappa shape index (κ1) is 39.6. The summed E-state index contributed by atoms with van der Waals surface area (Å²) in [5.74, 6) is -0.245. The minimum absolute atomic E-state index is 0.0950. The Morgan fingerprint density at radius 3 is 2.02 bits per heavy atom. The van der Waals surface area contributed by atoms with Crippen LogP contribution in [0.25, 0.3) is 0 Å². The molecular weight excluding hydrogens is 490 g/mol. The van der Waals surface area contributed by atoms with Gasteiger partial charge in [-0.25, -0.2) is 0 Å². The van der Waals surface area contributed by atoms with E-state index in [2.05, 4.69) is 93.3 Å². The van der Waals surface area contributed by atoms with Crippen LogP contribution in [0.15, 0.2) is 85.3 Å². The number of hydrogen-bond acceptors (Lipinski definition) is 3. The lowest BCUT2D eigenvalue weighted by molar-refractivity contribution is -0.117. The highest BCUT2D eigenvalue weighted by molar-refractivity contribution is 5.73. The van der Waals surface area contributed by atoms with Crippen molar-refractivity contribution < 1.29 is 4.79 Å². The monoisotopic (exact) mass is 553 g/mol. The van der Waals surface area contributed by atoms with Crippen LogP contribution >= 0.6 is 0 Å². The number of amides is 1. The summed E-state index contributed by atoms with van der Waals surface area (Å²) in [7, 11) is 0. The molecule has 1 saturated heterocycles. The number of carbonyl (C=O) groups is 1. The zero-order valence-electron chi connectivity index (χ0n) is 27.3. The van der Waals surface area contributed by atoms with Gasteiger partial charge in [-0.3, -0.25) is 9.69 Å². The molecule has 4 nitrogen and oxygen atoms in total. The Morgan fingerprint density at radius 2 is 1.55 bits per heavy atom. The number of nitrogens with zero attached hydrogens (tertiary/aromatic N) is 2. The first-order valence-electron chi connectivity index (χ1n) is 15.6. The molecule has 4 heteroatoms. The molecule has 0 spiro atoms. The van der Waals surface area contributed by atoms with Crippen molar-refractivity contribution in [2.24, 2.45) is 11.1 Å². The van der Waals surface area contributed by atoms with Crippen molar-refractivity contribution in [3.05, 3.63) is 85.3 Å². The van der Waals surface area contributed by atoms with Crippen molar-refractivity contribution in [2.45, 2.75) is 113 Å². The normalized spacial score (nSPS) is 16.2. The molecule has 2 aliphatic rings. The molecule has 0 aromatic rings. The van der Waals surface area contributed by atoms with Crippen LogP contribution in [-0.4, -0.2) is 35.5 Å². The van der Waals surface area contributed by atoms with Crippen LogP contribution in [0, 0.1) is 5.41 Å². The molecule has 228 valence electrons. The van der Waals surface area contributed by atoms with E-state index in [0.717, 1.165) is 26.2 Å². The van der Waals surface area contributed by atoms with Crippen LogP contribution in [0.2, 0.25) is 0 Å². The highest BCUT2D eigenvalue weighted by atomic mass is 16.1. The fraction of sp³-hybridized carbons (Fsp3) is 0.583. The number of carbonyl (C=O) groups excluding carboxylic acids is 1. The van der Waals surface area contributed by atoms with Gasteiger partial charge in [0.2, 0.25) is 5.91 Å². The van der Waals surface area contributed by atoms with Crippen LogP contribution in [-0.2, 0) is 4.79 Å².